The molecule has 92 valence electrons. The second-order valence-electron chi connectivity index (χ2n) is 5.32. The van der Waals surface area contributed by atoms with Crippen molar-refractivity contribution in [2.75, 3.05) is 0 Å². The molecule has 1 aliphatic carbocycles. The molecule has 0 aromatic heterocycles. The summed E-state index contributed by atoms with van der Waals surface area (Å²) in [5.41, 5.74) is 9.08. The third-order valence-electron chi connectivity index (χ3n) is 4.12. The molecule has 0 spiro atoms. The Morgan fingerprint density at radius 2 is 1.83 bits per heavy atom. The van der Waals surface area contributed by atoms with Crippen molar-refractivity contribution in [1.29, 1.82) is 0 Å². The van der Waals surface area contributed by atoms with E-state index in [-0.39, 0.29) is 0 Å². The Hall–Kier alpha value is -1.56. The number of aryl methyl sites for hydroxylation is 1. The molecule has 0 nitrogen and oxygen atoms in total. The monoisotopic (exact) mass is 236 g/mol. The van der Waals surface area contributed by atoms with Crippen LogP contribution >= 0.6 is 0 Å². The van der Waals surface area contributed by atoms with E-state index < -0.39 is 0 Å². The lowest BCUT2D eigenvalue weighted by atomic mass is 9.93. The SMILES string of the molecule is CCCCc1c(C)ccc2c1Cc1ccccc1-2. The molecular formula is C18H20. The summed E-state index contributed by atoms with van der Waals surface area (Å²) in [6.07, 6.45) is 4.94. The molecule has 0 saturated heterocycles. The highest BCUT2D eigenvalue weighted by Crippen LogP contribution is 2.39. The van der Waals surface area contributed by atoms with Crippen molar-refractivity contribution in [2.24, 2.45) is 0 Å². The Bertz CT molecular complexity index is 579. The van der Waals surface area contributed by atoms with Gasteiger partial charge in [-0.25, -0.2) is 0 Å². The lowest BCUT2D eigenvalue weighted by Crippen LogP contribution is -1.96. The van der Waals surface area contributed by atoms with Crippen LogP contribution in [0.2, 0.25) is 0 Å². The van der Waals surface area contributed by atoms with E-state index in [0.717, 1.165) is 6.42 Å². The predicted octanol–water partition coefficient (Wildman–Crippen LogP) is 4.91. The maximum absolute atomic E-state index is 2.31. The fourth-order valence-electron chi connectivity index (χ4n) is 3.09. The number of hydrogen-bond donors (Lipinski definition) is 0. The number of unbranched alkanes of at least 4 members (excludes halogenated alkanes) is 1. The quantitative estimate of drug-likeness (QED) is 0.606. The van der Waals surface area contributed by atoms with Gasteiger partial charge in [-0.1, -0.05) is 49.7 Å². The zero-order valence-corrected chi connectivity index (χ0v) is 11.3. The lowest BCUT2D eigenvalue weighted by molar-refractivity contribution is 0.786. The first-order chi connectivity index (χ1) is 8.81. The number of rotatable bonds is 3. The summed E-state index contributed by atoms with van der Waals surface area (Å²) in [5.74, 6) is 0. The molecule has 1 aliphatic rings. The number of benzene rings is 2. The molecule has 18 heavy (non-hydrogen) atoms. The summed E-state index contributed by atoms with van der Waals surface area (Å²) in [6.45, 7) is 4.53. The minimum atomic E-state index is 1.13. The summed E-state index contributed by atoms with van der Waals surface area (Å²) < 4.78 is 0. The van der Waals surface area contributed by atoms with E-state index in [4.69, 9.17) is 0 Å². The first kappa shape index (κ1) is 11.5. The summed E-state index contributed by atoms with van der Waals surface area (Å²) >= 11 is 0. The van der Waals surface area contributed by atoms with Crippen molar-refractivity contribution in [2.45, 2.75) is 39.5 Å². The van der Waals surface area contributed by atoms with Crippen LogP contribution in [-0.2, 0) is 12.8 Å². The van der Waals surface area contributed by atoms with Crippen molar-refractivity contribution in [3.63, 3.8) is 0 Å². The van der Waals surface area contributed by atoms with Gasteiger partial charge in [-0.3, -0.25) is 0 Å². The number of hydrogen-bond acceptors (Lipinski definition) is 0. The predicted molar refractivity (Wildman–Crippen MR) is 78.0 cm³/mol. The molecule has 2 aromatic rings. The van der Waals surface area contributed by atoms with Crippen LogP contribution in [0.15, 0.2) is 36.4 Å². The summed E-state index contributed by atoms with van der Waals surface area (Å²) in [6, 6.07) is 13.5. The molecule has 0 saturated carbocycles. The third kappa shape index (κ3) is 1.77. The van der Waals surface area contributed by atoms with Crippen LogP contribution in [0, 0.1) is 6.92 Å². The zero-order chi connectivity index (χ0) is 12.5. The van der Waals surface area contributed by atoms with E-state index in [1.54, 1.807) is 11.1 Å². The largest absolute Gasteiger partial charge is 0.0654 e. The lowest BCUT2D eigenvalue weighted by Gasteiger charge is -2.11. The van der Waals surface area contributed by atoms with Gasteiger partial charge in [-0.2, -0.15) is 0 Å². The molecule has 0 N–H and O–H groups in total. The number of fused-ring (bicyclic) bond motifs is 3. The Labute approximate surface area is 110 Å². The molecule has 0 aliphatic heterocycles. The minimum Gasteiger partial charge on any atom is -0.0654 e. The van der Waals surface area contributed by atoms with Gasteiger partial charge in [0, 0.05) is 0 Å². The van der Waals surface area contributed by atoms with Crippen molar-refractivity contribution in [3.05, 3.63) is 58.7 Å². The van der Waals surface area contributed by atoms with Crippen molar-refractivity contribution >= 4 is 0 Å². The van der Waals surface area contributed by atoms with Gasteiger partial charge in [0.05, 0.1) is 0 Å². The van der Waals surface area contributed by atoms with Gasteiger partial charge < -0.3 is 0 Å². The smallest absolute Gasteiger partial charge is 0.00106 e. The topological polar surface area (TPSA) is 0 Å². The molecule has 0 radical (unpaired) electrons. The Kier molecular flexibility index (Phi) is 2.95. The first-order valence-electron chi connectivity index (χ1n) is 7.01. The molecule has 0 unspecified atom stereocenters. The molecule has 0 heteroatoms. The van der Waals surface area contributed by atoms with Crippen LogP contribution in [0.4, 0.5) is 0 Å². The van der Waals surface area contributed by atoms with Crippen LogP contribution in [0.25, 0.3) is 11.1 Å². The van der Waals surface area contributed by atoms with Gasteiger partial charge >= 0.3 is 0 Å². The maximum atomic E-state index is 2.31. The van der Waals surface area contributed by atoms with Crippen LogP contribution < -0.4 is 0 Å². The summed E-state index contributed by atoms with van der Waals surface area (Å²) in [5, 5.41) is 0. The second-order valence-corrected chi connectivity index (χ2v) is 5.32. The summed E-state index contributed by atoms with van der Waals surface area (Å²) in [4.78, 5) is 0. The fraction of sp³-hybridized carbons (Fsp3) is 0.333. The van der Waals surface area contributed by atoms with Crippen molar-refractivity contribution in [1.82, 2.24) is 0 Å². The summed E-state index contributed by atoms with van der Waals surface area (Å²) in [7, 11) is 0. The second kappa shape index (κ2) is 4.61. The average Bonchev–Trinajstić information content (AvgIpc) is 2.76. The van der Waals surface area contributed by atoms with E-state index in [0.29, 0.717) is 0 Å². The Morgan fingerprint density at radius 1 is 1.00 bits per heavy atom. The fourth-order valence-corrected chi connectivity index (χ4v) is 3.09. The zero-order valence-electron chi connectivity index (χ0n) is 11.3. The van der Waals surface area contributed by atoms with E-state index >= 15 is 0 Å². The molecule has 2 aromatic carbocycles. The van der Waals surface area contributed by atoms with Gasteiger partial charge in [0.15, 0.2) is 0 Å². The van der Waals surface area contributed by atoms with Gasteiger partial charge in [-0.15, -0.1) is 0 Å². The van der Waals surface area contributed by atoms with E-state index in [1.165, 1.54) is 41.5 Å². The normalized spacial score (nSPS) is 12.3. The van der Waals surface area contributed by atoms with Crippen molar-refractivity contribution in [3.8, 4) is 11.1 Å². The highest BCUT2D eigenvalue weighted by Gasteiger charge is 2.21. The van der Waals surface area contributed by atoms with Crippen LogP contribution in [0.3, 0.4) is 0 Å². The van der Waals surface area contributed by atoms with Gasteiger partial charge in [-0.05, 0) is 59.6 Å². The molecule has 0 bridgehead atoms. The van der Waals surface area contributed by atoms with Crippen LogP contribution in [0.1, 0.15) is 42.0 Å². The molecule has 3 rings (SSSR count). The average molecular weight is 236 g/mol. The van der Waals surface area contributed by atoms with Gasteiger partial charge in [0.1, 0.15) is 0 Å². The van der Waals surface area contributed by atoms with Crippen molar-refractivity contribution < 1.29 is 0 Å². The van der Waals surface area contributed by atoms with Crippen LogP contribution in [-0.4, -0.2) is 0 Å². The third-order valence-corrected chi connectivity index (χ3v) is 4.12. The molecule has 0 fully saturated rings. The van der Waals surface area contributed by atoms with E-state index in [9.17, 15) is 0 Å². The first-order valence-corrected chi connectivity index (χ1v) is 7.01. The highest BCUT2D eigenvalue weighted by atomic mass is 14.2. The molecule has 0 heterocycles. The van der Waals surface area contributed by atoms with E-state index in [1.807, 2.05) is 0 Å². The molecule has 0 atom stereocenters. The highest BCUT2D eigenvalue weighted by molar-refractivity contribution is 5.78. The molecular weight excluding hydrogens is 216 g/mol. The Balaban J connectivity index is 2.10. The van der Waals surface area contributed by atoms with E-state index in [2.05, 4.69) is 50.2 Å². The molecule has 0 amide bonds. The Morgan fingerprint density at radius 3 is 2.67 bits per heavy atom. The minimum absolute atomic E-state index is 1.13. The van der Waals surface area contributed by atoms with Crippen LogP contribution in [0.5, 0.6) is 0 Å². The maximum Gasteiger partial charge on any atom is -0.00106 e. The van der Waals surface area contributed by atoms with Gasteiger partial charge in [0.2, 0.25) is 0 Å². The van der Waals surface area contributed by atoms with Gasteiger partial charge in [0.25, 0.3) is 0 Å². The standard InChI is InChI=1S/C18H20/c1-3-4-8-15-13(2)10-11-17-16-9-6-5-7-14(16)12-18(15)17/h5-7,9-11H,3-4,8,12H2,1-2H3.